The summed E-state index contributed by atoms with van der Waals surface area (Å²) in [6, 6.07) is 34.8. The van der Waals surface area contributed by atoms with Gasteiger partial charge in [-0.25, -0.2) is 0 Å². The molecule has 1 N–H and O–H groups in total. The normalized spacial score (nSPS) is 11.2. The van der Waals surface area contributed by atoms with Crippen LogP contribution in [0.4, 0.5) is 0 Å². The fourth-order valence-electron chi connectivity index (χ4n) is 3.71. The van der Waals surface area contributed by atoms with Crippen molar-refractivity contribution in [2.45, 2.75) is 5.41 Å². The van der Waals surface area contributed by atoms with Gasteiger partial charge in [0.25, 0.3) is 0 Å². The number of benzene rings is 3. The third kappa shape index (κ3) is 2.66. The quantitative estimate of drug-likeness (QED) is 0.535. The number of hydrogen-bond donors (Lipinski definition) is 1. The summed E-state index contributed by atoms with van der Waals surface area (Å²) in [5.74, 6) is 0. The molecule has 0 saturated heterocycles. The zero-order valence-corrected chi connectivity index (χ0v) is 14.3. The predicted octanol–water partition coefficient (Wildman–Crippen LogP) is 4.76. The molecule has 0 bridgehead atoms. The SMILES string of the molecule is O=c1ccc(C(c2ccccc2)(c2ccccc2)c2ccccc2)c[nH]1. The van der Waals surface area contributed by atoms with E-state index in [-0.39, 0.29) is 5.56 Å². The first-order valence-electron chi connectivity index (χ1n) is 8.67. The molecule has 26 heavy (non-hydrogen) atoms. The lowest BCUT2D eigenvalue weighted by Gasteiger charge is -2.36. The summed E-state index contributed by atoms with van der Waals surface area (Å²) in [5.41, 5.74) is 3.89. The molecule has 1 heterocycles. The highest BCUT2D eigenvalue weighted by molar-refractivity contribution is 5.58. The molecule has 0 spiro atoms. The molecule has 1 aromatic heterocycles. The first-order valence-corrected chi connectivity index (χ1v) is 8.67. The average molecular weight is 337 g/mol. The van der Waals surface area contributed by atoms with Gasteiger partial charge in [0, 0.05) is 12.3 Å². The van der Waals surface area contributed by atoms with Gasteiger partial charge in [0.2, 0.25) is 5.56 Å². The van der Waals surface area contributed by atoms with Crippen molar-refractivity contribution in [1.82, 2.24) is 4.98 Å². The molecule has 2 nitrogen and oxygen atoms in total. The Morgan fingerprint density at radius 1 is 0.500 bits per heavy atom. The van der Waals surface area contributed by atoms with Gasteiger partial charge >= 0.3 is 0 Å². The standard InChI is InChI=1S/C24H19NO/c26-23-17-16-22(18-25-23)24(19-10-4-1-5-11-19,20-12-6-2-7-13-20)21-14-8-3-9-15-21/h1-18H,(H,25,26). The summed E-state index contributed by atoms with van der Waals surface area (Å²) in [5, 5.41) is 0. The third-order valence-electron chi connectivity index (χ3n) is 4.84. The maximum absolute atomic E-state index is 11.7. The number of aromatic nitrogens is 1. The summed E-state index contributed by atoms with van der Waals surface area (Å²) in [6.45, 7) is 0. The van der Waals surface area contributed by atoms with Crippen molar-refractivity contribution in [3.05, 3.63) is 142 Å². The molecule has 4 rings (SSSR count). The fraction of sp³-hybridized carbons (Fsp3) is 0.0417. The van der Waals surface area contributed by atoms with Crippen LogP contribution in [0.2, 0.25) is 0 Å². The van der Waals surface area contributed by atoms with Gasteiger partial charge in [-0.05, 0) is 22.3 Å². The van der Waals surface area contributed by atoms with Crippen LogP contribution in [0, 0.1) is 0 Å². The van der Waals surface area contributed by atoms with Crippen molar-refractivity contribution < 1.29 is 0 Å². The summed E-state index contributed by atoms with van der Waals surface area (Å²) >= 11 is 0. The number of pyridine rings is 1. The van der Waals surface area contributed by atoms with Crippen molar-refractivity contribution in [2.24, 2.45) is 0 Å². The zero-order chi connectivity index (χ0) is 17.8. The summed E-state index contributed by atoms with van der Waals surface area (Å²) < 4.78 is 0. The highest BCUT2D eigenvalue weighted by Crippen LogP contribution is 2.44. The first kappa shape index (κ1) is 16.1. The Hall–Kier alpha value is -3.39. The topological polar surface area (TPSA) is 32.9 Å². The number of rotatable bonds is 4. The van der Waals surface area contributed by atoms with Crippen LogP contribution in [-0.4, -0.2) is 4.98 Å². The largest absolute Gasteiger partial charge is 0.329 e. The molecule has 0 aliphatic rings. The van der Waals surface area contributed by atoms with Gasteiger partial charge in [0.15, 0.2) is 0 Å². The average Bonchev–Trinajstić information content (AvgIpc) is 2.72. The molecule has 3 aromatic carbocycles. The van der Waals surface area contributed by atoms with Crippen molar-refractivity contribution in [1.29, 1.82) is 0 Å². The van der Waals surface area contributed by atoms with Gasteiger partial charge < -0.3 is 4.98 Å². The van der Waals surface area contributed by atoms with Crippen LogP contribution in [0.15, 0.2) is 114 Å². The Morgan fingerprint density at radius 3 is 1.27 bits per heavy atom. The van der Waals surface area contributed by atoms with E-state index >= 15 is 0 Å². The Bertz CT molecular complexity index is 920. The van der Waals surface area contributed by atoms with Crippen molar-refractivity contribution >= 4 is 0 Å². The molecule has 0 amide bonds. The Kier molecular flexibility index (Phi) is 4.24. The minimum atomic E-state index is -0.506. The monoisotopic (exact) mass is 337 g/mol. The third-order valence-corrected chi connectivity index (χ3v) is 4.84. The van der Waals surface area contributed by atoms with E-state index in [9.17, 15) is 4.79 Å². The number of H-pyrrole nitrogens is 1. The lowest BCUT2D eigenvalue weighted by atomic mass is 9.65. The van der Waals surface area contributed by atoms with Gasteiger partial charge in [-0.3, -0.25) is 4.79 Å². The van der Waals surface area contributed by atoms with Gasteiger partial charge in [-0.2, -0.15) is 0 Å². The van der Waals surface area contributed by atoms with Crippen molar-refractivity contribution in [3.8, 4) is 0 Å². The zero-order valence-electron chi connectivity index (χ0n) is 14.3. The molecular weight excluding hydrogens is 318 g/mol. The number of hydrogen-bond acceptors (Lipinski definition) is 1. The van der Waals surface area contributed by atoms with Crippen LogP contribution >= 0.6 is 0 Å². The van der Waals surface area contributed by atoms with Gasteiger partial charge in [-0.1, -0.05) is 97.1 Å². The van der Waals surface area contributed by atoms with Gasteiger partial charge in [-0.15, -0.1) is 0 Å². The lowest BCUT2D eigenvalue weighted by molar-refractivity contribution is 0.739. The van der Waals surface area contributed by atoms with E-state index in [1.54, 1.807) is 6.07 Å². The number of nitrogens with one attached hydrogen (secondary N) is 1. The highest BCUT2D eigenvalue weighted by atomic mass is 16.1. The molecule has 126 valence electrons. The summed E-state index contributed by atoms with van der Waals surface area (Å²) in [6.07, 6.45) is 1.83. The molecule has 0 radical (unpaired) electrons. The number of aromatic amines is 1. The minimum Gasteiger partial charge on any atom is -0.329 e. The molecule has 0 fully saturated rings. The molecular formula is C24H19NO. The Labute approximate surface area is 152 Å². The van der Waals surface area contributed by atoms with Crippen LogP contribution in [0.3, 0.4) is 0 Å². The Balaban J connectivity index is 2.14. The smallest absolute Gasteiger partial charge is 0.247 e. The molecule has 0 atom stereocenters. The lowest BCUT2D eigenvalue weighted by Crippen LogP contribution is -2.31. The maximum atomic E-state index is 11.7. The van der Waals surface area contributed by atoms with E-state index in [1.165, 1.54) is 0 Å². The Morgan fingerprint density at radius 2 is 0.923 bits per heavy atom. The van der Waals surface area contributed by atoms with Crippen molar-refractivity contribution in [3.63, 3.8) is 0 Å². The van der Waals surface area contributed by atoms with E-state index in [1.807, 2.05) is 30.5 Å². The summed E-state index contributed by atoms with van der Waals surface area (Å²) in [4.78, 5) is 14.6. The summed E-state index contributed by atoms with van der Waals surface area (Å²) in [7, 11) is 0. The first-order chi connectivity index (χ1) is 12.8. The van der Waals surface area contributed by atoms with E-state index < -0.39 is 5.41 Å². The molecule has 4 aromatic rings. The van der Waals surface area contributed by atoms with E-state index in [2.05, 4.69) is 77.8 Å². The molecule has 0 saturated carbocycles. The van der Waals surface area contributed by atoms with Crippen LogP contribution in [-0.2, 0) is 5.41 Å². The van der Waals surface area contributed by atoms with E-state index in [4.69, 9.17) is 0 Å². The fourth-order valence-corrected chi connectivity index (χ4v) is 3.71. The predicted molar refractivity (Wildman–Crippen MR) is 105 cm³/mol. The second-order valence-corrected chi connectivity index (χ2v) is 6.29. The maximum Gasteiger partial charge on any atom is 0.247 e. The highest BCUT2D eigenvalue weighted by Gasteiger charge is 2.38. The molecule has 0 aliphatic carbocycles. The van der Waals surface area contributed by atoms with Crippen LogP contribution in [0.1, 0.15) is 22.3 Å². The van der Waals surface area contributed by atoms with E-state index in [0.717, 1.165) is 22.3 Å². The second-order valence-electron chi connectivity index (χ2n) is 6.29. The van der Waals surface area contributed by atoms with Crippen molar-refractivity contribution in [2.75, 3.05) is 0 Å². The molecule has 0 aliphatic heterocycles. The molecule has 0 unspecified atom stereocenters. The van der Waals surface area contributed by atoms with E-state index in [0.29, 0.717) is 0 Å². The van der Waals surface area contributed by atoms with Crippen LogP contribution < -0.4 is 5.56 Å². The van der Waals surface area contributed by atoms with Crippen LogP contribution in [0.5, 0.6) is 0 Å². The minimum absolute atomic E-state index is 0.100. The second kappa shape index (κ2) is 6.85. The van der Waals surface area contributed by atoms with Gasteiger partial charge in [0.1, 0.15) is 0 Å². The van der Waals surface area contributed by atoms with Crippen LogP contribution in [0.25, 0.3) is 0 Å². The molecule has 2 heteroatoms. The van der Waals surface area contributed by atoms with Gasteiger partial charge in [0.05, 0.1) is 5.41 Å².